The van der Waals surface area contributed by atoms with Gasteiger partial charge in [0.25, 0.3) is 0 Å². The molecule has 0 atom stereocenters. The van der Waals surface area contributed by atoms with Crippen LogP contribution in [0.25, 0.3) is 0 Å². The normalized spacial score (nSPS) is 6.14. The van der Waals surface area contributed by atoms with Crippen LogP contribution in [0.1, 0.15) is 13.8 Å². The van der Waals surface area contributed by atoms with Gasteiger partial charge in [-0.25, -0.2) is 0 Å². The van der Waals surface area contributed by atoms with E-state index in [9.17, 15) is 0 Å². The van der Waals surface area contributed by atoms with Gasteiger partial charge >= 0.3 is 0 Å². The Hall–Kier alpha value is -0.370. The van der Waals surface area contributed by atoms with E-state index in [2.05, 4.69) is 4.74 Å². The Balaban J connectivity index is 0. The Bertz CT molecular complexity index is 25.3. The maximum Gasteiger partial charge on any atom is 0.116 e. The third kappa shape index (κ3) is 187. The average Bonchev–Trinajstić information content (AvgIpc) is 1.69. The van der Waals surface area contributed by atoms with Crippen LogP contribution in [0.15, 0.2) is 0 Å². The lowest BCUT2D eigenvalue weighted by Crippen LogP contribution is -1.73. The molecule has 0 radical (unpaired) electrons. The lowest BCUT2D eigenvalue weighted by molar-refractivity contribution is -0.106. The molecule has 0 saturated carbocycles. The predicted octanol–water partition coefficient (Wildman–Crippen LogP) is 0.858. The van der Waals surface area contributed by atoms with Crippen molar-refractivity contribution < 1.29 is 9.53 Å². The van der Waals surface area contributed by atoms with Crippen LogP contribution in [0, 0.1) is 0 Å². The van der Waals surface area contributed by atoms with Crippen molar-refractivity contribution in [3.8, 4) is 0 Å². The number of ether oxygens (including phenoxy) is 1. The molecule has 0 aliphatic rings. The first-order valence-corrected chi connectivity index (χ1v) is 2.22. The molecular formula is C5H12O2. The summed E-state index contributed by atoms with van der Waals surface area (Å²) in [5.74, 6) is 0. The SMILES string of the molecule is CC=O.CCOC. The van der Waals surface area contributed by atoms with Crippen LogP contribution >= 0.6 is 0 Å². The molecule has 0 unspecified atom stereocenters. The third-order valence-corrected chi connectivity index (χ3v) is 0.289. The van der Waals surface area contributed by atoms with Crippen molar-refractivity contribution >= 4 is 6.29 Å². The van der Waals surface area contributed by atoms with Crippen molar-refractivity contribution in [1.29, 1.82) is 0 Å². The minimum Gasteiger partial charge on any atom is -0.385 e. The van der Waals surface area contributed by atoms with Gasteiger partial charge in [-0.1, -0.05) is 0 Å². The van der Waals surface area contributed by atoms with Crippen molar-refractivity contribution in [2.45, 2.75) is 13.8 Å². The number of hydrogen-bond acceptors (Lipinski definition) is 2. The number of carbonyl (C=O) groups excluding carboxylic acids is 1. The molecule has 0 heterocycles. The quantitative estimate of drug-likeness (QED) is 0.461. The zero-order valence-electron chi connectivity index (χ0n) is 5.10. The fourth-order valence-corrected chi connectivity index (χ4v) is 0. The highest BCUT2D eigenvalue weighted by molar-refractivity contribution is 5.44. The zero-order valence-corrected chi connectivity index (χ0v) is 5.10. The smallest absolute Gasteiger partial charge is 0.116 e. The standard InChI is InChI=1S/C3H8O.C2H4O/c1-3-4-2;1-2-3/h3H2,1-2H3;2H,1H3. The Kier molecular flexibility index (Phi) is 24.4. The Morgan fingerprint density at radius 2 is 1.86 bits per heavy atom. The summed E-state index contributed by atoms with van der Waals surface area (Å²) in [5.41, 5.74) is 0. The number of aldehydes is 1. The summed E-state index contributed by atoms with van der Waals surface area (Å²) in [5, 5.41) is 0. The van der Waals surface area contributed by atoms with E-state index in [0.717, 1.165) is 12.9 Å². The summed E-state index contributed by atoms with van der Waals surface area (Å²) in [4.78, 5) is 8.81. The first-order chi connectivity index (χ1) is 3.33. The molecule has 0 rings (SSSR count). The molecule has 2 nitrogen and oxygen atoms in total. The second-order valence-electron chi connectivity index (χ2n) is 0.813. The highest BCUT2D eigenvalue weighted by Crippen LogP contribution is 1.52. The molecule has 2 heteroatoms. The monoisotopic (exact) mass is 104 g/mol. The summed E-state index contributed by atoms with van der Waals surface area (Å²) in [7, 11) is 1.68. The Morgan fingerprint density at radius 1 is 1.71 bits per heavy atom. The minimum atomic E-state index is 0.750. The lowest BCUT2D eigenvalue weighted by Gasteiger charge is -1.76. The summed E-state index contributed by atoms with van der Waals surface area (Å²) in [6, 6.07) is 0. The van der Waals surface area contributed by atoms with Crippen LogP contribution in [0.2, 0.25) is 0 Å². The van der Waals surface area contributed by atoms with E-state index in [1.54, 1.807) is 7.11 Å². The van der Waals surface area contributed by atoms with Crippen LogP contribution in [0.4, 0.5) is 0 Å². The summed E-state index contributed by atoms with van der Waals surface area (Å²) in [6.07, 6.45) is 0.750. The van der Waals surface area contributed by atoms with Gasteiger partial charge in [0, 0.05) is 13.7 Å². The molecule has 0 aromatic carbocycles. The first kappa shape index (κ1) is 9.80. The largest absolute Gasteiger partial charge is 0.385 e. The zero-order chi connectivity index (χ0) is 6.12. The number of hydrogen-bond donors (Lipinski definition) is 0. The molecular weight excluding hydrogens is 92.1 g/mol. The fourth-order valence-electron chi connectivity index (χ4n) is 0. The Morgan fingerprint density at radius 3 is 1.86 bits per heavy atom. The molecule has 0 N–H and O–H groups in total. The van der Waals surface area contributed by atoms with E-state index in [0.29, 0.717) is 0 Å². The van der Waals surface area contributed by atoms with Gasteiger partial charge in [-0.2, -0.15) is 0 Å². The molecule has 0 aliphatic heterocycles. The molecule has 0 bridgehead atoms. The van der Waals surface area contributed by atoms with Gasteiger partial charge in [0.15, 0.2) is 0 Å². The number of carbonyl (C=O) groups is 1. The lowest BCUT2D eigenvalue weighted by atomic mass is 10.9. The molecule has 0 aromatic rings. The van der Waals surface area contributed by atoms with Crippen molar-refractivity contribution in [2.75, 3.05) is 13.7 Å². The van der Waals surface area contributed by atoms with E-state index in [1.807, 2.05) is 6.92 Å². The fraction of sp³-hybridized carbons (Fsp3) is 0.800. The molecule has 0 amide bonds. The third-order valence-electron chi connectivity index (χ3n) is 0.289. The summed E-state index contributed by atoms with van der Waals surface area (Å²) < 4.78 is 4.54. The second kappa shape index (κ2) is 17.4. The van der Waals surface area contributed by atoms with Crippen molar-refractivity contribution in [3.63, 3.8) is 0 Å². The number of methoxy groups -OCH3 is 1. The average molecular weight is 104 g/mol. The highest BCUT2D eigenvalue weighted by Gasteiger charge is 1.51. The van der Waals surface area contributed by atoms with E-state index in [4.69, 9.17) is 4.79 Å². The van der Waals surface area contributed by atoms with Crippen molar-refractivity contribution in [1.82, 2.24) is 0 Å². The molecule has 7 heavy (non-hydrogen) atoms. The summed E-state index contributed by atoms with van der Waals surface area (Å²) in [6.45, 7) is 4.22. The van der Waals surface area contributed by atoms with Gasteiger partial charge < -0.3 is 9.53 Å². The molecule has 44 valence electrons. The number of rotatable bonds is 1. The molecule has 0 aliphatic carbocycles. The van der Waals surface area contributed by atoms with E-state index in [1.165, 1.54) is 6.92 Å². The van der Waals surface area contributed by atoms with E-state index < -0.39 is 0 Å². The molecule has 0 fully saturated rings. The first-order valence-electron chi connectivity index (χ1n) is 2.22. The van der Waals surface area contributed by atoms with Gasteiger partial charge in [0.05, 0.1) is 0 Å². The van der Waals surface area contributed by atoms with Crippen LogP contribution in [-0.4, -0.2) is 20.0 Å². The predicted molar refractivity (Wildman–Crippen MR) is 29.3 cm³/mol. The van der Waals surface area contributed by atoms with Gasteiger partial charge in [0.1, 0.15) is 6.29 Å². The van der Waals surface area contributed by atoms with Crippen molar-refractivity contribution in [3.05, 3.63) is 0 Å². The topological polar surface area (TPSA) is 26.3 Å². The second-order valence-corrected chi connectivity index (χ2v) is 0.813. The van der Waals surface area contributed by atoms with Gasteiger partial charge in [-0.05, 0) is 13.8 Å². The van der Waals surface area contributed by atoms with E-state index in [-0.39, 0.29) is 0 Å². The maximum atomic E-state index is 8.81. The summed E-state index contributed by atoms with van der Waals surface area (Å²) >= 11 is 0. The van der Waals surface area contributed by atoms with Crippen LogP contribution < -0.4 is 0 Å². The van der Waals surface area contributed by atoms with Gasteiger partial charge in [-0.3, -0.25) is 0 Å². The van der Waals surface area contributed by atoms with Crippen LogP contribution in [0.5, 0.6) is 0 Å². The van der Waals surface area contributed by atoms with Crippen LogP contribution in [0.3, 0.4) is 0 Å². The Labute approximate surface area is 44.5 Å². The molecule has 0 spiro atoms. The maximum absolute atomic E-state index is 8.81. The van der Waals surface area contributed by atoms with Gasteiger partial charge in [0.2, 0.25) is 0 Å². The molecule has 0 saturated heterocycles. The molecule has 0 aromatic heterocycles. The minimum absolute atomic E-state index is 0.750. The van der Waals surface area contributed by atoms with Crippen molar-refractivity contribution in [2.24, 2.45) is 0 Å². The van der Waals surface area contributed by atoms with Crippen LogP contribution in [-0.2, 0) is 9.53 Å². The van der Waals surface area contributed by atoms with E-state index >= 15 is 0 Å². The highest BCUT2D eigenvalue weighted by atomic mass is 16.5. The van der Waals surface area contributed by atoms with Gasteiger partial charge in [-0.15, -0.1) is 0 Å².